The zero-order valence-corrected chi connectivity index (χ0v) is 13.7. The SMILES string of the molecule is Cc1cc([C@@H](N)C(F)(F)F)cc(C)c1OCc1ccccc1.Cl. The van der Waals surface area contributed by atoms with Gasteiger partial charge in [0.25, 0.3) is 0 Å². The lowest BCUT2D eigenvalue weighted by Crippen LogP contribution is -2.28. The van der Waals surface area contributed by atoms with Gasteiger partial charge in [0.05, 0.1) is 0 Å². The number of nitrogens with two attached hydrogens (primary N) is 1. The lowest BCUT2D eigenvalue weighted by Gasteiger charge is -2.19. The van der Waals surface area contributed by atoms with Crippen molar-refractivity contribution in [2.75, 3.05) is 0 Å². The first-order valence-electron chi connectivity index (χ1n) is 6.89. The van der Waals surface area contributed by atoms with Crippen molar-refractivity contribution >= 4 is 12.4 Å². The predicted octanol–water partition coefficient (Wildman–Crippen LogP) is 4.87. The highest BCUT2D eigenvalue weighted by atomic mass is 35.5. The van der Waals surface area contributed by atoms with E-state index in [1.54, 1.807) is 13.8 Å². The molecule has 2 N–H and O–H groups in total. The second kappa shape index (κ2) is 7.70. The Morgan fingerprint density at radius 1 is 1.04 bits per heavy atom. The van der Waals surface area contributed by atoms with E-state index in [1.807, 2.05) is 30.3 Å². The summed E-state index contributed by atoms with van der Waals surface area (Å²) in [6, 6.07) is 10.5. The van der Waals surface area contributed by atoms with E-state index >= 15 is 0 Å². The highest BCUT2D eigenvalue weighted by molar-refractivity contribution is 5.85. The van der Waals surface area contributed by atoms with Crippen molar-refractivity contribution in [1.29, 1.82) is 0 Å². The van der Waals surface area contributed by atoms with Crippen molar-refractivity contribution in [2.24, 2.45) is 5.73 Å². The predicted molar refractivity (Wildman–Crippen MR) is 86.9 cm³/mol. The highest BCUT2D eigenvalue weighted by Gasteiger charge is 2.38. The van der Waals surface area contributed by atoms with Gasteiger partial charge >= 0.3 is 6.18 Å². The number of aryl methyl sites for hydroxylation is 2. The van der Waals surface area contributed by atoms with E-state index < -0.39 is 12.2 Å². The molecule has 2 rings (SSSR count). The molecular formula is C17H19ClF3NO. The van der Waals surface area contributed by atoms with E-state index in [1.165, 1.54) is 12.1 Å². The molecule has 1 atom stereocenters. The fourth-order valence-corrected chi connectivity index (χ4v) is 2.31. The Balaban J connectivity index is 0.00000264. The van der Waals surface area contributed by atoms with Gasteiger partial charge in [0.2, 0.25) is 0 Å². The molecule has 23 heavy (non-hydrogen) atoms. The molecule has 6 heteroatoms. The molecule has 126 valence electrons. The van der Waals surface area contributed by atoms with Crippen LogP contribution in [-0.2, 0) is 6.61 Å². The Morgan fingerprint density at radius 3 is 2.04 bits per heavy atom. The van der Waals surface area contributed by atoms with Crippen molar-refractivity contribution in [1.82, 2.24) is 0 Å². The Hall–Kier alpha value is -1.72. The first-order valence-corrected chi connectivity index (χ1v) is 6.89. The largest absolute Gasteiger partial charge is 0.488 e. The summed E-state index contributed by atoms with van der Waals surface area (Å²) in [5.41, 5.74) is 7.60. The van der Waals surface area contributed by atoms with Crippen LogP contribution in [0.3, 0.4) is 0 Å². The van der Waals surface area contributed by atoms with Gasteiger partial charge in [-0.1, -0.05) is 42.5 Å². The van der Waals surface area contributed by atoms with E-state index in [0.717, 1.165) is 5.56 Å². The standard InChI is InChI=1S/C17H18F3NO.ClH/c1-11-8-14(16(21)17(18,19)20)9-12(2)15(11)22-10-13-6-4-3-5-7-13;/h3-9,16H,10,21H2,1-2H3;1H/t16-;/m1./s1. The number of benzene rings is 2. The average Bonchev–Trinajstić information content (AvgIpc) is 2.45. The van der Waals surface area contributed by atoms with E-state index in [9.17, 15) is 13.2 Å². The molecule has 2 aromatic carbocycles. The van der Waals surface area contributed by atoms with Gasteiger partial charge in [-0.05, 0) is 36.1 Å². The maximum Gasteiger partial charge on any atom is 0.407 e. The number of hydrogen-bond acceptors (Lipinski definition) is 2. The highest BCUT2D eigenvalue weighted by Crippen LogP contribution is 2.34. The summed E-state index contributed by atoms with van der Waals surface area (Å²) in [5.74, 6) is 0.599. The lowest BCUT2D eigenvalue weighted by atomic mass is 10.0. The third-order valence-corrected chi connectivity index (χ3v) is 3.42. The summed E-state index contributed by atoms with van der Waals surface area (Å²) in [4.78, 5) is 0. The van der Waals surface area contributed by atoms with Crippen LogP contribution in [0.2, 0.25) is 0 Å². The third kappa shape index (κ3) is 4.88. The molecule has 0 aliphatic heterocycles. The van der Waals surface area contributed by atoms with Crippen molar-refractivity contribution in [3.63, 3.8) is 0 Å². The van der Waals surface area contributed by atoms with Crippen LogP contribution in [0.15, 0.2) is 42.5 Å². The van der Waals surface area contributed by atoms with E-state index in [-0.39, 0.29) is 18.0 Å². The third-order valence-electron chi connectivity index (χ3n) is 3.42. The van der Waals surface area contributed by atoms with E-state index in [4.69, 9.17) is 10.5 Å². The van der Waals surface area contributed by atoms with Gasteiger partial charge in [0.1, 0.15) is 18.4 Å². The fourth-order valence-electron chi connectivity index (χ4n) is 2.31. The van der Waals surface area contributed by atoms with Crippen LogP contribution in [0.4, 0.5) is 13.2 Å². The molecule has 0 unspecified atom stereocenters. The van der Waals surface area contributed by atoms with E-state index in [0.29, 0.717) is 23.5 Å². The molecule has 0 aliphatic rings. The van der Waals surface area contributed by atoms with Gasteiger partial charge in [-0.3, -0.25) is 0 Å². The first kappa shape index (κ1) is 19.3. The summed E-state index contributed by atoms with van der Waals surface area (Å²) in [6.07, 6.45) is -4.45. The zero-order chi connectivity index (χ0) is 16.3. The monoisotopic (exact) mass is 345 g/mol. The minimum atomic E-state index is -4.45. The molecule has 0 aromatic heterocycles. The minimum absolute atomic E-state index is 0. The molecule has 0 heterocycles. The van der Waals surface area contributed by atoms with Crippen LogP contribution < -0.4 is 10.5 Å². The minimum Gasteiger partial charge on any atom is -0.488 e. The summed E-state index contributed by atoms with van der Waals surface area (Å²) >= 11 is 0. The molecule has 0 aliphatic carbocycles. The van der Waals surface area contributed by atoms with Crippen LogP contribution >= 0.6 is 12.4 Å². The molecule has 0 fully saturated rings. The molecule has 0 amide bonds. The Labute approximate surface area is 139 Å². The summed E-state index contributed by atoms with van der Waals surface area (Å²) < 4.78 is 43.9. The van der Waals surface area contributed by atoms with Gasteiger partial charge in [0, 0.05) is 0 Å². The average molecular weight is 346 g/mol. The van der Waals surface area contributed by atoms with Crippen LogP contribution in [0.25, 0.3) is 0 Å². The van der Waals surface area contributed by atoms with Crippen LogP contribution in [0.5, 0.6) is 5.75 Å². The van der Waals surface area contributed by atoms with Crippen LogP contribution in [-0.4, -0.2) is 6.18 Å². The molecule has 2 aromatic rings. The Bertz CT molecular complexity index is 621. The summed E-state index contributed by atoms with van der Waals surface area (Å²) in [5, 5.41) is 0. The maximum atomic E-state index is 12.7. The molecule has 0 bridgehead atoms. The normalized spacial score (nSPS) is 12.4. The number of rotatable bonds is 4. The maximum absolute atomic E-state index is 12.7. The number of halogens is 4. The van der Waals surface area contributed by atoms with Gasteiger partial charge in [-0.25, -0.2) is 0 Å². The number of hydrogen-bond donors (Lipinski definition) is 1. The Kier molecular flexibility index (Phi) is 6.47. The molecule has 2 nitrogen and oxygen atoms in total. The zero-order valence-electron chi connectivity index (χ0n) is 12.9. The molecule has 0 saturated heterocycles. The molecule has 0 radical (unpaired) electrons. The molecule has 0 spiro atoms. The van der Waals surface area contributed by atoms with Gasteiger partial charge in [-0.15, -0.1) is 12.4 Å². The number of ether oxygens (including phenoxy) is 1. The van der Waals surface area contributed by atoms with Gasteiger partial charge in [0.15, 0.2) is 0 Å². The lowest BCUT2D eigenvalue weighted by molar-refractivity contribution is -0.149. The second-order valence-corrected chi connectivity index (χ2v) is 5.28. The Morgan fingerprint density at radius 2 is 1.57 bits per heavy atom. The summed E-state index contributed by atoms with van der Waals surface area (Å²) in [6.45, 7) is 3.81. The van der Waals surface area contributed by atoms with Gasteiger partial charge in [-0.2, -0.15) is 13.2 Å². The van der Waals surface area contributed by atoms with Crippen molar-refractivity contribution in [3.05, 3.63) is 64.7 Å². The molecular weight excluding hydrogens is 327 g/mol. The van der Waals surface area contributed by atoms with Crippen LogP contribution in [0.1, 0.15) is 28.3 Å². The quantitative estimate of drug-likeness (QED) is 0.858. The fraction of sp³-hybridized carbons (Fsp3) is 0.294. The smallest absolute Gasteiger partial charge is 0.407 e. The topological polar surface area (TPSA) is 35.2 Å². The van der Waals surface area contributed by atoms with Gasteiger partial charge < -0.3 is 10.5 Å². The van der Waals surface area contributed by atoms with E-state index in [2.05, 4.69) is 0 Å². The van der Waals surface area contributed by atoms with Crippen molar-refractivity contribution in [3.8, 4) is 5.75 Å². The molecule has 0 saturated carbocycles. The van der Waals surface area contributed by atoms with Crippen molar-refractivity contribution in [2.45, 2.75) is 32.7 Å². The number of alkyl halides is 3. The second-order valence-electron chi connectivity index (χ2n) is 5.28. The van der Waals surface area contributed by atoms with Crippen molar-refractivity contribution < 1.29 is 17.9 Å². The van der Waals surface area contributed by atoms with Crippen LogP contribution in [0, 0.1) is 13.8 Å². The first-order chi connectivity index (χ1) is 10.3. The summed E-state index contributed by atoms with van der Waals surface area (Å²) in [7, 11) is 0.